The molecule has 1 fully saturated rings. The number of hydrogen-bond donors (Lipinski definition) is 0. The summed E-state index contributed by atoms with van der Waals surface area (Å²) in [6, 6.07) is 0. The van der Waals surface area contributed by atoms with Gasteiger partial charge in [-0.2, -0.15) is 0 Å². The second kappa shape index (κ2) is 4.08. The van der Waals surface area contributed by atoms with E-state index in [0.717, 1.165) is 0 Å². The Morgan fingerprint density at radius 1 is 1.33 bits per heavy atom. The zero-order chi connectivity index (χ0) is 11.6. The lowest BCUT2D eigenvalue weighted by molar-refractivity contribution is -0.140. The van der Waals surface area contributed by atoms with Crippen molar-refractivity contribution in [2.45, 2.75) is 26.3 Å². The van der Waals surface area contributed by atoms with Gasteiger partial charge < -0.3 is 9.64 Å². The zero-order valence-electron chi connectivity index (χ0n) is 9.74. The molecule has 15 heavy (non-hydrogen) atoms. The number of methoxy groups -OCH3 is 1. The molecule has 86 valence electrons. The topological polar surface area (TPSA) is 49.9 Å². The molecule has 2 amide bonds. The lowest BCUT2D eigenvalue weighted by Gasteiger charge is -2.41. The Balaban J connectivity index is 2.63. The fourth-order valence-corrected chi connectivity index (χ4v) is 1.67. The maximum atomic E-state index is 11.7. The molecule has 0 spiro atoms. The van der Waals surface area contributed by atoms with E-state index in [4.69, 9.17) is 0 Å². The average Bonchev–Trinajstić information content (AvgIpc) is 2.14. The first-order chi connectivity index (χ1) is 6.86. The second-order valence-electron chi connectivity index (χ2n) is 4.61. The largest absolute Gasteiger partial charge is 0.453 e. The van der Waals surface area contributed by atoms with E-state index in [2.05, 4.69) is 4.74 Å². The zero-order valence-corrected chi connectivity index (χ0v) is 9.74. The Labute approximate surface area is 90.0 Å². The van der Waals surface area contributed by atoms with Crippen molar-refractivity contribution in [2.24, 2.45) is 0 Å². The summed E-state index contributed by atoms with van der Waals surface area (Å²) < 4.78 is 4.58. The first-order valence-corrected chi connectivity index (χ1v) is 4.99. The highest BCUT2D eigenvalue weighted by Gasteiger charge is 2.33. The lowest BCUT2D eigenvalue weighted by Crippen LogP contribution is -2.57. The van der Waals surface area contributed by atoms with Crippen molar-refractivity contribution in [2.75, 3.05) is 26.7 Å². The minimum absolute atomic E-state index is 0.0286. The molecule has 0 aromatic rings. The van der Waals surface area contributed by atoms with E-state index in [9.17, 15) is 9.59 Å². The van der Waals surface area contributed by atoms with E-state index in [1.807, 2.05) is 20.8 Å². The first kappa shape index (κ1) is 11.8. The molecule has 0 bridgehead atoms. The van der Waals surface area contributed by atoms with E-state index in [0.29, 0.717) is 13.1 Å². The fraction of sp³-hybridized carbons (Fsp3) is 0.800. The van der Waals surface area contributed by atoms with Crippen molar-refractivity contribution < 1.29 is 14.3 Å². The molecule has 0 aromatic carbocycles. The predicted octanol–water partition coefficient (Wildman–Crippen LogP) is 0.696. The smallest absolute Gasteiger partial charge is 0.410 e. The van der Waals surface area contributed by atoms with Crippen molar-refractivity contribution >= 4 is 12.0 Å². The number of amides is 2. The Kier molecular flexibility index (Phi) is 3.21. The number of carbonyl (C=O) groups excluding carboxylic acids is 2. The SMILES string of the molecule is COC(=O)N1CCN(C(C)(C)C)C(=O)C1. The van der Waals surface area contributed by atoms with Gasteiger partial charge in [0, 0.05) is 18.6 Å². The summed E-state index contributed by atoms with van der Waals surface area (Å²) in [6.07, 6.45) is -0.433. The summed E-state index contributed by atoms with van der Waals surface area (Å²) in [6.45, 7) is 7.17. The molecule has 0 saturated carbocycles. The molecule has 0 unspecified atom stereocenters. The van der Waals surface area contributed by atoms with Gasteiger partial charge in [0.05, 0.1) is 7.11 Å². The van der Waals surface area contributed by atoms with Gasteiger partial charge in [-0.05, 0) is 20.8 Å². The summed E-state index contributed by atoms with van der Waals surface area (Å²) in [5.74, 6) is -0.0286. The molecule has 1 heterocycles. The minimum atomic E-state index is -0.433. The summed E-state index contributed by atoms with van der Waals surface area (Å²) in [5, 5.41) is 0. The highest BCUT2D eigenvalue weighted by Crippen LogP contribution is 2.17. The van der Waals surface area contributed by atoms with Crippen LogP contribution >= 0.6 is 0 Å². The van der Waals surface area contributed by atoms with E-state index >= 15 is 0 Å². The average molecular weight is 214 g/mol. The molecule has 1 rings (SSSR count). The molecular weight excluding hydrogens is 196 g/mol. The molecule has 0 atom stereocenters. The van der Waals surface area contributed by atoms with Crippen LogP contribution in [0.25, 0.3) is 0 Å². The van der Waals surface area contributed by atoms with E-state index in [1.54, 1.807) is 4.90 Å². The minimum Gasteiger partial charge on any atom is -0.453 e. The highest BCUT2D eigenvalue weighted by atomic mass is 16.5. The Morgan fingerprint density at radius 2 is 1.93 bits per heavy atom. The van der Waals surface area contributed by atoms with Crippen LogP contribution in [-0.2, 0) is 9.53 Å². The van der Waals surface area contributed by atoms with E-state index in [-0.39, 0.29) is 18.0 Å². The molecule has 0 N–H and O–H groups in total. The molecule has 0 radical (unpaired) electrons. The maximum Gasteiger partial charge on any atom is 0.410 e. The maximum absolute atomic E-state index is 11.7. The van der Waals surface area contributed by atoms with Crippen LogP contribution in [0.1, 0.15) is 20.8 Å². The van der Waals surface area contributed by atoms with Crippen LogP contribution in [-0.4, -0.2) is 54.1 Å². The number of piperazine rings is 1. The summed E-state index contributed by atoms with van der Waals surface area (Å²) >= 11 is 0. The summed E-state index contributed by atoms with van der Waals surface area (Å²) in [7, 11) is 1.32. The van der Waals surface area contributed by atoms with Crippen LogP contribution in [0.4, 0.5) is 4.79 Å². The first-order valence-electron chi connectivity index (χ1n) is 4.99. The number of carbonyl (C=O) groups is 2. The number of ether oxygens (including phenoxy) is 1. The van der Waals surface area contributed by atoms with Crippen LogP contribution in [0.5, 0.6) is 0 Å². The third kappa shape index (κ3) is 2.61. The number of hydrogen-bond acceptors (Lipinski definition) is 3. The highest BCUT2D eigenvalue weighted by molar-refractivity contribution is 5.84. The van der Waals surface area contributed by atoms with Crippen LogP contribution in [0.3, 0.4) is 0 Å². The lowest BCUT2D eigenvalue weighted by atomic mass is 10.0. The van der Waals surface area contributed by atoms with Gasteiger partial charge in [0.15, 0.2) is 0 Å². The Morgan fingerprint density at radius 3 is 2.33 bits per heavy atom. The number of nitrogens with zero attached hydrogens (tertiary/aromatic N) is 2. The van der Waals surface area contributed by atoms with Crippen LogP contribution in [0, 0.1) is 0 Å². The van der Waals surface area contributed by atoms with Gasteiger partial charge >= 0.3 is 6.09 Å². The van der Waals surface area contributed by atoms with E-state index in [1.165, 1.54) is 12.0 Å². The van der Waals surface area contributed by atoms with Gasteiger partial charge in [-0.1, -0.05) is 0 Å². The molecule has 5 heteroatoms. The molecule has 1 saturated heterocycles. The molecule has 0 aliphatic carbocycles. The standard InChI is InChI=1S/C10H18N2O3/c1-10(2,3)12-6-5-11(7-8(12)13)9(14)15-4/h5-7H2,1-4H3. The van der Waals surface area contributed by atoms with Crippen molar-refractivity contribution in [3.8, 4) is 0 Å². The predicted molar refractivity (Wildman–Crippen MR) is 55.4 cm³/mol. The third-order valence-electron chi connectivity index (χ3n) is 2.46. The van der Waals surface area contributed by atoms with Crippen LogP contribution in [0.15, 0.2) is 0 Å². The van der Waals surface area contributed by atoms with Crippen molar-refractivity contribution in [1.82, 2.24) is 9.80 Å². The Bertz CT molecular complexity index is 270. The molecule has 1 aliphatic heterocycles. The van der Waals surface area contributed by atoms with Gasteiger partial charge in [0.25, 0.3) is 0 Å². The molecule has 0 aromatic heterocycles. The van der Waals surface area contributed by atoms with Gasteiger partial charge in [0.2, 0.25) is 5.91 Å². The summed E-state index contributed by atoms with van der Waals surface area (Å²) in [4.78, 5) is 26.2. The van der Waals surface area contributed by atoms with Gasteiger partial charge in [0.1, 0.15) is 6.54 Å². The molecular formula is C10H18N2O3. The number of rotatable bonds is 0. The van der Waals surface area contributed by atoms with E-state index < -0.39 is 6.09 Å². The second-order valence-corrected chi connectivity index (χ2v) is 4.61. The Hall–Kier alpha value is -1.26. The van der Waals surface area contributed by atoms with Gasteiger partial charge in [-0.15, -0.1) is 0 Å². The normalized spacial score (nSPS) is 18.0. The monoisotopic (exact) mass is 214 g/mol. The quantitative estimate of drug-likeness (QED) is 0.596. The summed E-state index contributed by atoms with van der Waals surface area (Å²) in [5.41, 5.74) is -0.181. The fourth-order valence-electron chi connectivity index (χ4n) is 1.67. The third-order valence-corrected chi connectivity index (χ3v) is 2.46. The van der Waals surface area contributed by atoms with Crippen molar-refractivity contribution in [3.63, 3.8) is 0 Å². The molecule has 5 nitrogen and oxygen atoms in total. The molecule has 1 aliphatic rings. The van der Waals surface area contributed by atoms with Crippen LogP contribution in [0.2, 0.25) is 0 Å². The van der Waals surface area contributed by atoms with Gasteiger partial charge in [-0.3, -0.25) is 9.69 Å². The van der Waals surface area contributed by atoms with Crippen molar-refractivity contribution in [3.05, 3.63) is 0 Å². The van der Waals surface area contributed by atoms with Crippen LogP contribution < -0.4 is 0 Å². The van der Waals surface area contributed by atoms with Gasteiger partial charge in [-0.25, -0.2) is 4.79 Å². The van der Waals surface area contributed by atoms with Crippen molar-refractivity contribution in [1.29, 1.82) is 0 Å².